The molecule has 4 heterocycles. The van der Waals surface area contributed by atoms with Crippen LogP contribution in [0.15, 0.2) is 230 Å². The monoisotopic (exact) mass is 875 g/mol. The minimum Gasteiger partial charge on any atom is -0.309 e. The molecule has 0 atom stereocenters. The van der Waals surface area contributed by atoms with Crippen LogP contribution in [0.25, 0.3) is 123 Å². The van der Waals surface area contributed by atoms with Crippen molar-refractivity contribution in [2.24, 2.45) is 0 Å². The SMILES string of the molecule is [2H]c1c([2H])c([2H])c(-c2nc(-c3ccccc3)nc(-c3cc(-c4nc(-c5ccccc5)nc(-c5ccccc5)n4)ccc3-n3c4ccccc4c4c5c6ccccc6n(-c6ccccc6)c5ccc43)n2)c([2H])c1[2H]. The van der Waals surface area contributed by atoms with Gasteiger partial charge >= 0.3 is 0 Å². The Hall–Kier alpha value is -9.40. The van der Waals surface area contributed by atoms with Gasteiger partial charge in [-0.15, -0.1) is 0 Å². The number of aromatic nitrogens is 8. The Balaban J connectivity index is 1.14. The number of nitrogens with zero attached hydrogens (tertiary/aromatic N) is 8. The number of rotatable bonds is 8. The number of fused-ring (bicyclic) bond motifs is 7. The van der Waals surface area contributed by atoms with Crippen molar-refractivity contribution in [3.63, 3.8) is 0 Å². The zero-order valence-corrected chi connectivity index (χ0v) is 36.1. The highest BCUT2D eigenvalue weighted by Crippen LogP contribution is 2.44. The maximum absolute atomic E-state index is 9.07. The van der Waals surface area contributed by atoms with Crippen LogP contribution in [0.5, 0.6) is 0 Å². The van der Waals surface area contributed by atoms with Crippen LogP contribution in [0.3, 0.4) is 0 Å². The molecule has 0 aliphatic heterocycles. The van der Waals surface area contributed by atoms with E-state index in [1.54, 1.807) is 0 Å². The van der Waals surface area contributed by atoms with Crippen molar-refractivity contribution in [1.29, 1.82) is 0 Å². The molecule has 9 aromatic carbocycles. The maximum Gasteiger partial charge on any atom is 0.166 e. The summed E-state index contributed by atoms with van der Waals surface area (Å²) in [4.78, 5) is 30.3. The van der Waals surface area contributed by atoms with Gasteiger partial charge in [-0.25, -0.2) is 29.9 Å². The van der Waals surface area contributed by atoms with E-state index in [0.29, 0.717) is 39.9 Å². The Bertz CT molecular complexity index is 4230. The van der Waals surface area contributed by atoms with Crippen molar-refractivity contribution in [3.8, 4) is 79.7 Å². The molecule has 13 aromatic rings. The lowest BCUT2D eigenvalue weighted by Crippen LogP contribution is -2.05. The molecule has 4 aromatic heterocycles. The summed E-state index contributed by atoms with van der Waals surface area (Å²) in [5.41, 5.74) is 9.08. The number of hydrogen-bond donors (Lipinski definition) is 0. The molecule has 0 bridgehead atoms. The smallest absolute Gasteiger partial charge is 0.166 e. The lowest BCUT2D eigenvalue weighted by atomic mass is 10.0. The van der Waals surface area contributed by atoms with Crippen LogP contribution in [0, 0.1) is 0 Å². The molecule has 0 unspecified atom stereocenters. The molecule has 0 fully saturated rings. The molecule has 0 aliphatic rings. The van der Waals surface area contributed by atoms with E-state index in [9.17, 15) is 0 Å². The predicted octanol–water partition coefficient (Wildman–Crippen LogP) is 14.3. The van der Waals surface area contributed by atoms with Gasteiger partial charge in [0.1, 0.15) is 0 Å². The van der Waals surface area contributed by atoms with E-state index in [1.807, 2.05) is 121 Å². The van der Waals surface area contributed by atoms with Gasteiger partial charge in [-0.3, -0.25) is 0 Å². The first-order valence-corrected chi connectivity index (χ1v) is 22.2. The molecule has 8 heteroatoms. The lowest BCUT2D eigenvalue weighted by molar-refractivity contribution is 1.06. The minimum atomic E-state index is -0.513. The average Bonchev–Trinajstić information content (AvgIpc) is 3.98. The van der Waals surface area contributed by atoms with Gasteiger partial charge in [-0.05, 0) is 54.6 Å². The van der Waals surface area contributed by atoms with Crippen LogP contribution in [0.1, 0.15) is 6.85 Å². The lowest BCUT2D eigenvalue weighted by Gasteiger charge is -2.16. The number of hydrogen-bond acceptors (Lipinski definition) is 6. The van der Waals surface area contributed by atoms with Crippen LogP contribution in [0.2, 0.25) is 0 Å². The van der Waals surface area contributed by atoms with Crippen LogP contribution in [0.4, 0.5) is 0 Å². The molecule has 0 N–H and O–H groups in total. The first-order valence-electron chi connectivity index (χ1n) is 24.7. The Morgan fingerprint density at radius 1 is 0.309 bits per heavy atom. The van der Waals surface area contributed by atoms with E-state index in [0.717, 1.165) is 60.4 Å². The number of benzene rings is 9. The Kier molecular flexibility index (Phi) is 8.12. The van der Waals surface area contributed by atoms with Gasteiger partial charge in [0.2, 0.25) is 0 Å². The first kappa shape index (κ1) is 34.0. The maximum atomic E-state index is 9.07. The van der Waals surface area contributed by atoms with Gasteiger partial charge in [-0.2, -0.15) is 0 Å². The Morgan fingerprint density at radius 2 is 0.721 bits per heavy atom. The summed E-state index contributed by atoms with van der Waals surface area (Å²) in [5.74, 6) is 1.76. The van der Waals surface area contributed by atoms with E-state index >= 15 is 0 Å². The van der Waals surface area contributed by atoms with Crippen molar-refractivity contribution < 1.29 is 6.85 Å². The normalized spacial score (nSPS) is 12.6. The standard InChI is InChI=1S/C60H38N8/c1-6-20-39(21-7-1)55-61-56(40-22-8-2-9-23-40)64-59(63-55)43-34-35-50(47(38-43)60-65-57(41-24-10-3-11-25-41)62-58(66-60)42-26-12-4-13-27-42)68-49-33-19-17-31-46(49)54-52(68)37-36-51-53(54)45-30-16-18-32-48(45)67(51)44-28-14-5-15-29-44/h1-38H/i3D,10D,11D,24D,25D. The van der Waals surface area contributed by atoms with E-state index in [2.05, 4.69) is 88.0 Å². The van der Waals surface area contributed by atoms with Crippen molar-refractivity contribution in [2.75, 3.05) is 0 Å². The van der Waals surface area contributed by atoms with Gasteiger partial charge in [-0.1, -0.05) is 176 Å². The van der Waals surface area contributed by atoms with Gasteiger partial charge in [0.15, 0.2) is 34.9 Å². The van der Waals surface area contributed by atoms with Gasteiger partial charge < -0.3 is 9.13 Å². The minimum absolute atomic E-state index is 0.0762. The third kappa shape index (κ3) is 6.62. The topological polar surface area (TPSA) is 87.2 Å². The third-order valence-corrected chi connectivity index (χ3v) is 12.3. The highest BCUT2D eigenvalue weighted by molar-refractivity contribution is 6.29. The molecule has 8 nitrogen and oxygen atoms in total. The summed E-state index contributed by atoms with van der Waals surface area (Å²) in [6.45, 7) is 0. The summed E-state index contributed by atoms with van der Waals surface area (Å²) >= 11 is 0. The molecule has 0 saturated heterocycles. The van der Waals surface area contributed by atoms with Gasteiger partial charge in [0.05, 0.1) is 34.6 Å². The zero-order valence-electron chi connectivity index (χ0n) is 41.1. The second kappa shape index (κ2) is 16.2. The summed E-state index contributed by atoms with van der Waals surface area (Å²) in [6.07, 6.45) is 0. The largest absolute Gasteiger partial charge is 0.309 e. The van der Waals surface area contributed by atoms with Crippen molar-refractivity contribution in [1.82, 2.24) is 39.0 Å². The van der Waals surface area contributed by atoms with E-state index < -0.39 is 30.2 Å². The molecule has 318 valence electrons. The van der Waals surface area contributed by atoms with E-state index in [-0.39, 0.29) is 23.0 Å². The summed E-state index contributed by atoms with van der Waals surface area (Å²) in [7, 11) is 0. The van der Waals surface area contributed by atoms with E-state index in [1.165, 1.54) is 0 Å². The average molecular weight is 876 g/mol. The van der Waals surface area contributed by atoms with Crippen LogP contribution in [-0.2, 0) is 0 Å². The fourth-order valence-electron chi connectivity index (χ4n) is 9.31. The summed E-state index contributed by atoms with van der Waals surface area (Å²) < 4.78 is 48.4. The molecular formula is C60H38N8. The van der Waals surface area contributed by atoms with Crippen LogP contribution in [-0.4, -0.2) is 39.0 Å². The predicted molar refractivity (Wildman–Crippen MR) is 275 cm³/mol. The van der Waals surface area contributed by atoms with Crippen molar-refractivity contribution in [3.05, 3.63) is 230 Å². The van der Waals surface area contributed by atoms with Gasteiger partial charge in [0.25, 0.3) is 0 Å². The molecule has 0 aliphatic carbocycles. The fourth-order valence-corrected chi connectivity index (χ4v) is 9.31. The number of para-hydroxylation sites is 3. The van der Waals surface area contributed by atoms with Crippen LogP contribution >= 0.6 is 0 Å². The molecule has 0 spiro atoms. The Morgan fingerprint density at radius 3 is 1.25 bits per heavy atom. The van der Waals surface area contributed by atoms with Crippen LogP contribution < -0.4 is 0 Å². The molecule has 0 saturated carbocycles. The molecule has 0 amide bonds. The van der Waals surface area contributed by atoms with E-state index in [4.69, 9.17) is 36.8 Å². The Labute approximate surface area is 398 Å². The quantitative estimate of drug-likeness (QED) is 0.151. The highest BCUT2D eigenvalue weighted by Gasteiger charge is 2.24. The second-order valence-electron chi connectivity index (χ2n) is 16.3. The second-order valence-corrected chi connectivity index (χ2v) is 16.3. The zero-order chi connectivity index (χ0) is 49.3. The van der Waals surface area contributed by atoms with Gasteiger partial charge in [0, 0.05) is 60.6 Å². The van der Waals surface area contributed by atoms with Crippen molar-refractivity contribution >= 4 is 43.6 Å². The van der Waals surface area contributed by atoms with Crippen molar-refractivity contribution in [2.45, 2.75) is 0 Å². The molecule has 68 heavy (non-hydrogen) atoms. The summed E-state index contributed by atoms with van der Waals surface area (Å²) in [6, 6.07) is 64.2. The molecule has 13 rings (SSSR count). The first-order chi connectivity index (χ1) is 35.8. The molecular weight excluding hydrogens is 833 g/mol. The summed E-state index contributed by atoms with van der Waals surface area (Å²) in [5, 5.41) is 4.31. The third-order valence-electron chi connectivity index (χ3n) is 12.3. The molecule has 0 radical (unpaired) electrons. The highest BCUT2D eigenvalue weighted by atomic mass is 15.1. The fraction of sp³-hybridized carbons (Fsp3) is 0.